The Hall–Kier alpha value is -2.58. The predicted octanol–water partition coefficient (Wildman–Crippen LogP) is 5.10. The SMILES string of the molecule is C=CCn1c(S[C@H](C)C(=O)c2ccc(Br)cc2)nnc1[C@H]1COc2ccccc2O1. The van der Waals surface area contributed by atoms with Gasteiger partial charge in [-0.15, -0.1) is 16.8 Å². The number of carbonyl (C=O) groups is 1. The Kier molecular flexibility index (Phi) is 6.24. The van der Waals surface area contributed by atoms with Gasteiger partial charge in [-0.2, -0.15) is 0 Å². The molecule has 0 bridgehead atoms. The van der Waals surface area contributed by atoms with Gasteiger partial charge in [0.25, 0.3) is 0 Å². The number of hydrogen-bond acceptors (Lipinski definition) is 6. The van der Waals surface area contributed by atoms with E-state index < -0.39 is 0 Å². The molecule has 0 N–H and O–H groups in total. The van der Waals surface area contributed by atoms with Crippen molar-refractivity contribution in [2.24, 2.45) is 0 Å². The summed E-state index contributed by atoms with van der Waals surface area (Å²) in [6.07, 6.45) is 1.38. The van der Waals surface area contributed by atoms with Gasteiger partial charge in [-0.25, -0.2) is 0 Å². The van der Waals surface area contributed by atoms with Crippen molar-refractivity contribution >= 4 is 33.5 Å². The molecule has 1 aromatic heterocycles. The van der Waals surface area contributed by atoms with Crippen LogP contribution >= 0.6 is 27.7 Å². The van der Waals surface area contributed by atoms with E-state index in [1.807, 2.05) is 60.0 Å². The van der Waals surface area contributed by atoms with Crippen molar-refractivity contribution in [1.29, 1.82) is 0 Å². The normalized spacial score (nSPS) is 16.1. The van der Waals surface area contributed by atoms with E-state index in [4.69, 9.17) is 9.47 Å². The largest absolute Gasteiger partial charge is 0.485 e. The number of halogens is 1. The Labute approximate surface area is 187 Å². The van der Waals surface area contributed by atoms with Crippen molar-refractivity contribution in [2.75, 3.05) is 6.61 Å². The van der Waals surface area contributed by atoms with E-state index in [0.29, 0.717) is 41.2 Å². The van der Waals surface area contributed by atoms with Crippen molar-refractivity contribution < 1.29 is 14.3 Å². The van der Waals surface area contributed by atoms with Crippen LogP contribution in [0.15, 0.2) is 70.8 Å². The molecule has 154 valence electrons. The molecular weight excluding hydrogens is 466 g/mol. The van der Waals surface area contributed by atoms with Crippen molar-refractivity contribution in [2.45, 2.75) is 30.0 Å². The third-order valence-electron chi connectivity index (χ3n) is 4.63. The average molecular weight is 486 g/mol. The van der Waals surface area contributed by atoms with Crippen LogP contribution in [-0.4, -0.2) is 32.4 Å². The average Bonchev–Trinajstić information content (AvgIpc) is 3.16. The van der Waals surface area contributed by atoms with E-state index in [9.17, 15) is 4.79 Å². The van der Waals surface area contributed by atoms with E-state index in [2.05, 4.69) is 32.7 Å². The number of rotatable bonds is 7. The number of ether oxygens (including phenoxy) is 2. The molecule has 2 atom stereocenters. The Balaban J connectivity index is 1.55. The summed E-state index contributed by atoms with van der Waals surface area (Å²) in [6.45, 7) is 6.56. The molecule has 8 heteroatoms. The number of hydrogen-bond donors (Lipinski definition) is 0. The van der Waals surface area contributed by atoms with Gasteiger partial charge in [0.15, 0.2) is 34.4 Å². The summed E-state index contributed by atoms with van der Waals surface area (Å²) in [6, 6.07) is 14.9. The van der Waals surface area contributed by atoms with Gasteiger partial charge in [0, 0.05) is 16.6 Å². The molecule has 0 fully saturated rings. The van der Waals surface area contributed by atoms with Gasteiger partial charge in [-0.05, 0) is 31.2 Å². The minimum atomic E-state index is -0.390. The Bertz CT molecular complexity index is 1070. The van der Waals surface area contributed by atoms with Crippen molar-refractivity contribution in [3.63, 3.8) is 0 Å². The molecule has 2 heterocycles. The third-order valence-corrected chi connectivity index (χ3v) is 6.24. The maximum atomic E-state index is 12.8. The molecule has 0 spiro atoms. The summed E-state index contributed by atoms with van der Waals surface area (Å²) in [4.78, 5) is 12.8. The summed E-state index contributed by atoms with van der Waals surface area (Å²) in [5.41, 5.74) is 0.661. The predicted molar refractivity (Wildman–Crippen MR) is 119 cm³/mol. The Morgan fingerprint density at radius 1 is 1.27 bits per heavy atom. The van der Waals surface area contributed by atoms with Crippen molar-refractivity contribution in [3.8, 4) is 11.5 Å². The molecule has 1 aliphatic heterocycles. The van der Waals surface area contributed by atoms with Gasteiger partial charge in [0.1, 0.15) is 6.61 Å². The first-order chi connectivity index (χ1) is 14.6. The van der Waals surface area contributed by atoms with Crippen LogP contribution in [-0.2, 0) is 6.54 Å². The second-order valence-electron chi connectivity index (χ2n) is 6.74. The van der Waals surface area contributed by atoms with Gasteiger partial charge in [-0.1, -0.05) is 58.0 Å². The molecule has 30 heavy (non-hydrogen) atoms. The summed E-state index contributed by atoms with van der Waals surface area (Å²) >= 11 is 4.76. The van der Waals surface area contributed by atoms with Gasteiger partial charge >= 0.3 is 0 Å². The number of nitrogens with zero attached hydrogens (tertiary/aromatic N) is 3. The zero-order valence-corrected chi connectivity index (χ0v) is 18.7. The second-order valence-corrected chi connectivity index (χ2v) is 8.96. The molecule has 3 aromatic rings. The highest BCUT2D eigenvalue weighted by Crippen LogP contribution is 2.36. The van der Waals surface area contributed by atoms with Gasteiger partial charge in [-0.3, -0.25) is 9.36 Å². The zero-order valence-electron chi connectivity index (χ0n) is 16.3. The minimum absolute atomic E-state index is 0.0355. The van der Waals surface area contributed by atoms with Crippen LogP contribution in [0.3, 0.4) is 0 Å². The third kappa shape index (κ3) is 4.29. The highest BCUT2D eigenvalue weighted by Gasteiger charge is 2.29. The molecule has 0 unspecified atom stereocenters. The van der Waals surface area contributed by atoms with E-state index in [-0.39, 0.29) is 17.1 Å². The number of ketones is 1. The van der Waals surface area contributed by atoms with E-state index in [1.165, 1.54) is 11.8 Å². The fourth-order valence-corrected chi connectivity index (χ4v) is 4.34. The Morgan fingerprint density at radius 3 is 2.73 bits per heavy atom. The first-order valence-electron chi connectivity index (χ1n) is 9.45. The second kappa shape index (κ2) is 9.06. The molecule has 0 saturated carbocycles. The van der Waals surface area contributed by atoms with Gasteiger partial charge in [0.2, 0.25) is 0 Å². The lowest BCUT2D eigenvalue weighted by Gasteiger charge is -2.26. The molecule has 0 aliphatic carbocycles. The number of Topliss-reactive ketones (excluding diaryl/α,β-unsaturated/α-hetero) is 1. The van der Waals surface area contributed by atoms with Crippen LogP contribution in [0.1, 0.15) is 29.2 Å². The summed E-state index contributed by atoms with van der Waals surface area (Å²) in [5.74, 6) is 2.07. The molecule has 0 radical (unpaired) electrons. The standard InChI is InChI=1S/C22H20BrN3O3S/c1-3-12-26-21(19-13-28-17-6-4-5-7-18(17)29-19)24-25-22(26)30-14(2)20(27)15-8-10-16(23)11-9-15/h3-11,14,19H,1,12-13H2,2H3/t14-,19-/m1/s1. The summed E-state index contributed by atoms with van der Waals surface area (Å²) < 4.78 is 14.8. The number of benzene rings is 2. The van der Waals surface area contributed by atoms with E-state index >= 15 is 0 Å². The number of thioether (sulfide) groups is 1. The molecule has 6 nitrogen and oxygen atoms in total. The first-order valence-corrected chi connectivity index (χ1v) is 11.1. The molecule has 0 saturated heterocycles. The number of para-hydroxylation sites is 2. The van der Waals surface area contributed by atoms with Crippen LogP contribution in [0.4, 0.5) is 0 Å². The molecule has 4 rings (SSSR count). The number of fused-ring (bicyclic) bond motifs is 1. The number of carbonyl (C=O) groups excluding carboxylic acids is 1. The maximum absolute atomic E-state index is 12.8. The lowest BCUT2D eigenvalue weighted by Crippen LogP contribution is -2.25. The first kappa shape index (κ1) is 20.7. The topological polar surface area (TPSA) is 66.2 Å². The molecular formula is C22H20BrN3O3S. The fraction of sp³-hybridized carbons (Fsp3) is 0.227. The summed E-state index contributed by atoms with van der Waals surface area (Å²) in [5, 5.41) is 9.00. The minimum Gasteiger partial charge on any atom is -0.485 e. The molecule has 2 aromatic carbocycles. The highest BCUT2D eigenvalue weighted by molar-refractivity contribution is 9.10. The fourth-order valence-electron chi connectivity index (χ4n) is 3.13. The lowest BCUT2D eigenvalue weighted by molar-refractivity contribution is 0.0821. The smallest absolute Gasteiger partial charge is 0.192 e. The Morgan fingerprint density at radius 2 is 2.00 bits per heavy atom. The summed E-state index contributed by atoms with van der Waals surface area (Å²) in [7, 11) is 0. The van der Waals surface area contributed by atoms with Crippen LogP contribution < -0.4 is 9.47 Å². The molecule has 0 amide bonds. The van der Waals surface area contributed by atoms with Gasteiger partial charge < -0.3 is 9.47 Å². The van der Waals surface area contributed by atoms with E-state index in [0.717, 1.165) is 4.47 Å². The highest BCUT2D eigenvalue weighted by atomic mass is 79.9. The number of allylic oxidation sites excluding steroid dienone is 1. The van der Waals surface area contributed by atoms with Crippen LogP contribution in [0.2, 0.25) is 0 Å². The van der Waals surface area contributed by atoms with Crippen LogP contribution in [0.5, 0.6) is 11.5 Å². The van der Waals surface area contributed by atoms with Crippen LogP contribution in [0.25, 0.3) is 0 Å². The quantitative estimate of drug-likeness (QED) is 0.263. The van der Waals surface area contributed by atoms with Crippen molar-refractivity contribution in [3.05, 3.63) is 77.0 Å². The van der Waals surface area contributed by atoms with Crippen molar-refractivity contribution in [1.82, 2.24) is 14.8 Å². The van der Waals surface area contributed by atoms with Gasteiger partial charge in [0.05, 0.1) is 5.25 Å². The molecule has 1 aliphatic rings. The lowest BCUT2D eigenvalue weighted by atomic mass is 10.1. The zero-order chi connectivity index (χ0) is 21.1. The maximum Gasteiger partial charge on any atom is 0.192 e. The monoisotopic (exact) mass is 485 g/mol. The number of aromatic nitrogens is 3. The van der Waals surface area contributed by atoms with E-state index in [1.54, 1.807) is 6.08 Å². The van der Waals surface area contributed by atoms with Crippen LogP contribution in [0, 0.1) is 0 Å².